The van der Waals surface area contributed by atoms with Crippen LogP contribution in [0.5, 0.6) is 11.5 Å². The maximum atomic E-state index is 13.4. The van der Waals surface area contributed by atoms with Gasteiger partial charge in [-0.25, -0.2) is 9.79 Å². The first kappa shape index (κ1) is 23.6. The maximum Gasteiger partial charge on any atom is 0.341 e. The molecule has 0 atom stereocenters. The molecule has 1 amide bonds. The summed E-state index contributed by atoms with van der Waals surface area (Å²) in [5, 5.41) is 9.45. The smallest absolute Gasteiger partial charge is 0.341 e. The quantitative estimate of drug-likeness (QED) is 0.386. The number of benzene rings is 3. The van der Waals surface area contributed by atoms with Gasteiger partial charge in [0.25, 0.3) is 5.91 Å². The van der Waals surface area contributed by atoms with Gasteiger partial charge in [0.2, 0.25) is 0 Å². The van der Waals surface area contributed by atoms with Gasteiger partial charge in [-0.1, -0.05) is 36.4 Å². The van der Waals surface area contributed by atoms with Gasteiger partial charge < -0.3 is 14.6 Å². The first-order valence-corrected chi connectivity index (χ1v) is 11.7. The zero-order chi connectivity index (χ0) is 24.1. The zero-order valence-corrected chi connectivity index (χ0v) is 20.4. The number of anilines is 1. The van der Waals surface area contributed by atoms with E-state index in [1.165, 1.54) is 18.9 Å². The van der Waals surface area contributed by atoms with Gasteiger partial charge in [-0.15, -0.1) is 0 Å². The molecule has 1 saturated heterocycles. The van der Waals surface area contributed by atoms with Gasteiger partial charge in [0.1, 0.15) is 0 Å². The number of hydrogen-bond donors (Lipinski definition) is 1. The zero-order valence-electron chi connectivity index (χ0n) is 18.0. The molecule has 1 heterocycles. The molecule has 4 rings (SSSR count). The van der Waals surface area contributed by atoms with E-state index in [4.69, 9.17) is 19.6 Å². The van der Waals surface area contributed by atoms with E-state index in [2.05, 4.69) is 15.9 Å². The maximum absolute atomic E-state index is 13.4. The molecule has 1 aliphatic rings. The summed E-state index contributed by atoms with van der Waals surface area (Å²) in [6.45, 7) is -0.505. The number of thioether (sulfide) groups is 1. The first-order chi connectivity index (χ1) is 16.5. The third-order valence-corrected chi connectivity index (χ3v) is 6.25. The van der Waals surface area contributed by atoms with Crippen LogP contribution in [0, 0.1) is 0 Å². The fourth-order valence-corrected chi connectivity index (χ4v) is 4.79. The number of amidine groups is 1. The minimum atomic E-state index is -1.10. The van der Waals surface area contributed by atoms with E-state index in [1.807, 2.05) is 60.7 Å². The van der Waals surface area contributed by atoms with E-state index >= 15 is 0 Å². The van der Waals surface area contributed by atoms with Crippen molar-refractivity contribution in [3.63, 3.8) is 0 Å². The largest absolute Gasteiger partial charge is 0.493 e. The average Bonchev–Trinajstić information content (AvgIpc) is 3.13. The van der Waals surface area contributed by atoms with Crippen molar-refractivity contribution in [1.82, 2.24) is 0 Å². The number of ether oxygens (including phenoxy) is 2. The molecule has 0 unspecified atom stereocenters. The molecule has 0 aromatic heterocycles. The lowest BCUT2D eigenvalue weighted by atomic mass is 10.1. The van der Waals surface area contributed by atoms with Gasteiger partial charge in [-0.05, 0) is 75.7 Å². The minimum absolute atomic E-state index is 0.202. The predicted octanol–water partition coefficient (Wildman–Crippen LogP) is 5.73. The third-order valence-electron chi connectivity index (χ3n) is 4.69. The van der Waals surface area contributed by atoms with E-state index < -0.39 is 12.6 Å². The van der Waals surface area contributed by atoms with Crippen molar-refractivity contribution in [2.75, 3.05) is 18.6 Å². The highest BCUT2D eigenvalue weighted by atomic mass is 79.9. The molecule has 34 heavy (non-hydrogen) atoms. The highest BCUT2D eigenvalue weighted by molar-refractivity contribution is 9.10. The number of halogens is 1. The second-order valence-corrected chi connectivity index (χ2v) is 8.90. The number of aliphatic imine (C=N–C) groups is 1. The van der Waals surface area contributed by atoms with Crippen molar-refractivity contribution < 1.29 is 24.2 Å². The summed E-state index contributed by atoms with van der Waals surface area (Å²) in [7, 11) is 1.46. The minimum Gasteiger partial charge on any atom is -0.493 e. The fourth-order valence-electron chi connectivity index (χ4n) is 3.21. The Balaban J connectivity index is 1.72. The normalized spacial score (nSPS) is 15.7. The van der Waals surface area contributed by atoms with Crippen LogP contribution >= 0.6 is 27.7 Å². The van der Waals surface area contributed by atoms with Crippen molar-refractivity contribution in [3.8, 4) is 11.5 Å². The number of hydrogen-bond acceptors (Lipinski definition) is 6. The Kier molecular flexibility index (Phi) is 7.34. The summed E-state index contributed by atoms with van der Waals surface area (Å²) < 4.78 is 11.2. The van der Waals surface area contributed by atoms with Crippen molar-refractivity contribution in [1.29, 1.82) is 0 Å². The monoisotopic (exact) mass is 538 g/mol. The lowest BCUT2D eigenvalue weighted by Gasteiger charge is -2.15. The molecule has 172 valence electrons. The molecule has 0 spiro atoms. The van der Waals surface area contributed by atoms with Gasteiger partial charge in [0.05, 0.1) is 27.9 Å². The summed E-state index contributed by atoms with van der Waals surface area (Å²) in [5.74, 6) is -0.683. The average molecular weight is 539 g/mol. The van der Waals surface area contributed by atoms with Crippen LogP contribution in [0.3, 0.4) is 0 Å². The van der Waals surface area contributed by atoms with Gasteiger partial charge in [0, 0.05) is 0 Å². The third kappa shape index (κ3) is 5.32. The lowest BCUT2D eigenvalue weighted by Crippen LogP contribution is -2.28. The van der Waals surface area contributed by atoms with E-state index in [9.17, 15) is 9.59 Å². The number of rotatable bonds is 7. The highest BCUT2D eigenvalue weighted by Gasteiger charge is 2.34. The standard InChI is InChI=1S/C25H19BrN2O5S/c1-32-20-13-16(12-19(26)23(20)33-15-22(29)30)14-21-24(31)28(18-10-6-3-7-11-18)25(34-21)27-17-8-4-2-5-9-17/h2-14H,15H2,1H3,(H,29,30)/b21-14+,27-25?. The van der Waals surface area contributed by atoms with Crippen LogP contribution in [0.2, 0.25) is 0 Å². The number of carboxylic acids is 1. The topological polar surface area (TPSA) is 88.4 Å². The van der Waals surface area contributed by atoms with Gasteiger partial charge >= 0.3 is 5.97 Å². The number of carbonyl (C=O) groups excluding carboxylic acids is 1. The van der Waals surface area contributed by atoms with Crippen molar-refractivity contribution in [2.24, 2.45) is 4.99 Å². The van der Waals surface area contributed by atoms with Crippen LogP contribution in [0.4, 0.5) is 11.4 Å². The molecule has 0 bridgehead atoms. The number of amides is 1. The fraction of sp³-hybridized carbons (Fsp3) is 0.0800. The summed E-state index contributed by atoms with van der Waals surface area (Å²) in [5.41, 5.74) is 2.13. The Bertz CT molecular complexity index is 1280. The summed E-state index contributed by atoms with van der Waals surface area (Å²) in [6.07, 6.45) is 1.74. The summed E-state index contributed by atoms with van der Waals surface area (Å²) in [4.78, 5) is 31.1. The molecule has 3 aromatic rings. The molecule has 0 aliphatic carbocycles. The molecule has 1 N–H and O–H groups in total. The molecule has 1 fully saturated rings. The second-order valence-electron chi connectivity index (χ2n) is 7.03. The highest BCUT2D eigenvalue weighted by Crippen LogP contribution is 2.40. The summed E-state index contributed by atoms with van der Waals surface area (Å²) in [6, 6.07) is 22.2. The number of carboxylic acid groups (broad SMARTS) is 1. The van der Waals surface area contributed by atoms with E-state index in [0.29, 0.717) is 31.5 Å². The Labute approximate surface area is 208 Å². The van der Waals surface area contributed by atoms with Crippen LogP contribution in [-0.2, 0) is 9.59 Å². The van der Waals surface area contributed by atoms with Crippen LogP contribution < -0.4 is 14.4 Å². The number of methoxy groups -OCH3 is 1. The molecule has 3 aromatic carbocycles. The Morgan fingerprint density at radius 1 is 1.12 bits per heavy atom. The summed E-state index contributed by atoms with van der Waals surface area (Å²) >= 11 is 4.68. The lowest BCUT2D eigenvalue weighted by molar-refractivity contribution is -0.139. The van der Waals surface area contributed by atoms with Crippen LogP contribution in [0.25, 0.3) is 6.08 Å². The van der Waals surface area contributed by atoms with Gasteiger partial charge in [0.15, 0.2) is 23.3 Å². The number of nitrogens with zero attached hydrogens (tertiary/aromatic N) is 2. The molecule has 0 saturated carbocycles. The van der Waals surface area contributed by atoms with E-state index in [1.54, 1.807) is 23.1 Å². The van der Waals surface area contributed by atoms with E-state index in [-0.39, 0.29) is 11.7 Å². The number of carbonyl (C=O) groups is 2. The number of aliphatic carboxylic acids is 1. The molecule has 0 radical (unpaired) electrons. The Morgan fingerprint density at radius 3 is 2.44 bits per heavy atom. The van der Waals surface area contributed by atoms with Crippen LogP contribution in [-0.4, -0.2) is 35.9 Å². The predicted molar refractivity (Wildman–Crippen MR) is 137 cm³/mol. The van der Waals surface area contributed by atoms with Crippen molar-refractivity contribution in [2.45, 2.75) is 0 Å². The molecule has 9 heteroatoms. The van der Waals surface area contributed by atoms with Gasteiger partial charge in [-0.3, -0.25) is 9.69 Å². The Hall–Kier alpha value is -3.56. The van der Waals surface area contributed by atoms with Gasteiger partial charge in [-0.2, -0.15) is 0 Å². The Morgan fingerprint density at radius 2 is 1.79 bits per heavy atom. The van der Waals surface area contributed by atoms with Crippen molar-refractivity contribution >= 4 is 62.2 Å². The molecular weight excluding hydrogens is 520 g/mol. The SMILES string of the molecule is COc1cc(/C=C2/SC(=Nc3ccccc3)N(c3ccccc3)C2=O)cc(Br)c1OCC(=O)O. The van der Waals surface area contributed by atoms with E-state index in [0.717, 1.165) is 5.69 Å². The molecular formula is C25H19BrN2O5S. The second kappa shape index (κ2) is 10.6. The molecule has 7 nitrogen and oxygen atoms in total. The molecule has 1 aliphatic heterocycles. The number of para-hydroxylation sites is 2. The van der Waals surface area contributed by atoms with Crippen LogP contribution in [0.1, 0.15) is 5.56 Å². The first-order valence-electron chi connectivity index (χ1n) is 10.1. The van der Waals surface area contributed by atoms with Crippen molar-refractivity contribution in [3.05, 3.63) is 87.7 Å². The van der Waals surface area contributed by atoms with Crippen LogP contribution in [0.15, 0.2) is 87.2 Å².